The largest absolute Gasteiger partial charge is 0.507 e. The molecule has 0 fully saturated rings. The Hall–Kier alpha value is -4.53. The summed E-state index contributed by atoms with van der Waals surface area (Å²) < 4.78 is 18.4. The van der Waals surface area contributed by atoms with Crippen LogP contribution in [0.5, 0.6) is 34.5 Å². The van der Waals surface area contributed by atoms with Gasteiger partial charge in [-0.05, 0) is 76.4 Å². The summed E-state index contributed by atoms with van der Waals surface area (Å²) in [5, 5.41) is 34.9. The van der Waals surface area contributed by atoms with Gasteiger partial charge >= 0.3 is 0 Å². The third kappa shape index (κ3) is 16.5. The number of hydrogen-bond donors (Lipinski definition) is 3. The summed E-state index contributed by atoms with van der Waals surface area (Å²) >= 11 is 0. The van der Waals surface area contributed by atoms with E-state index in [0.29, 0.717) is 70.4 Å². The Morgan fingerprint density at radius 3 is 0.794 bits per heavy atom. The molecule has 0 amide bonds. The molecule has 3 aromatic carbocycles. The lowest BCUT2D eigenvalue weighted by Crippen LogP contribution is -2.04. The van der Waals surface area contributed by atoms with Crippen LogP contribution in [0.1, 0.15) is 192 Å². The van der Waals surface area contributed by atoms with Crippen LogP contribution in [0.25, 0.3) is 34.2 Å². The zero-order valence-corrected chi connectivity index (χ0v) is 40.0. The van der Waals surface area contributed by atoms with Crippen molar-refractivity contribution in [2.24, 2.45) is 0 Å². The van der Waals surface area contributed by atoms with Crippen LogP contribution in [-0.4, -0.2) is 50.1 Å². The van der Waals surface area contributed by atoms with Crippen LogP contribution in [0.3, 0.4) is 0 Å². The number of aromatic hydroxyl groups is 3. The lowest BCUT2D eigenvalue weighted by molar-refractivity contribution is 0.300. The number of benzene rings is 3. The number of phenols is 3. The third-order valence-electron chi connectivity index (χ3n) is 12.3. The zero-order valence-electron chi connectivity index (χ0n) is 40.0. The summed E-state index contributed by atoms with van der Waals surface area (Å²) in [7, 11) is 0. The van der Waals surface area contributed by atoms with Crippen molar-refractivity contribution in [1.29, 1.82) is 0 Å². The fourth-order valence-electron chi connectivity index (χ4n) is 8.05. The topological polar surface area (TPSA) is 127 Å². The summed E-state index contributed by atoms with van der Waals surface area (Å²) in [6.07, 6.45) is 29.1. The van der Waals surface area contributed by atoms with Crippen molar-refractivity contribution < 1.29 is 29.5 Å². The van der Waals surface area contributed by atoms with Crippen molar-refractivity contribution in [3.8, 4) is 68.7 Å². The Kier molecular flexibility index (Phi) is 23.5. The number of aromatic nitrogens is 3. The number of phenolic OH excluding ortho intramolecular Hbond substituents is 3. The fraction of sp³-hybridized carbons (Fsp3) is 0.611. The Morgan fingerprint density at radius 2 is 0.556 bits per heavy atom. The van der Waals surface area contributed by atoms with Gasteiger partial charge in [-0.25, -0.2) is 15.0 Å². The van der Waals surface area contributed by atoms with E-state index >= 15 is 0 Å². The molecule has 1 heterocycles. The minimum atomic E-state index is 0.00161. The van der Waals surface area contributed by atoms with Crippen LogP contribution in [0.2, 0.25) is 0 Å². The van der Waals surface area contributed by atoms with Crippen molar-refractivity contribution in [2.45, 2.75) is 196 Å². The lowest BCUT2D eigenvalue weighted by atomic mass is 10.0. The second-order valence-corrected chi connectivity index (χ2v) is 17.5. The van der Waals surface area contributed by atoms with E-state index in [0.717, 1.165) is 38.5 Å². The van der Waals surface area contributed by atoms with Crippen LogP contribution in [0.4, 0.5) is 0 Å². The molecule has 0 bridgehead atoms. The summed E-state index contributed by atoms with van der Waals surface area (Å²) in [5.41, 5.74) is 2.93. The highest BCUT2D eigenvalue weighted by atomic mass is 16.5. The molecule has 0 aliphatic carbocycles. The van der Waals surface area contributed by atoms with Gasteiger partial charge in [0.15, 0.2) is 17.5 Å². The van der Waals surface area contributed by atoms with Gasteiger partial charge in [0.1, 0.15) is 34.5 Å². The molecule has 0 aliphatic rings. The molecule has 0 atom stereocenters. The summed E-state index contributed by atoms with van der Waals surface area (Å²) in [6, 6.07) is 10.8. The quantitative estimate of drug-likeness (QED) is 0.0401. The first-order valence-electron chi connectivity index (χ1n) is 24.8. The van der Waals surface area contributed by atoms with Gasteiger partial charge < -0.3 is 29.5 Å². The Morgan fingerprint density at radius 1 is 0.333 bits per heavy atom. The molecule has 0 aliphatic heterocycles. The summed E-state index contributed by atoms with van der Waals surface area (Å²) in [4.78, 5) is 14.5. The van der Waals surface area contributed by atoms with Crippen molar-refractivity contribution in [3.63, 3.8) is 0 Å². The molecule has 0 spiro atoms. The molecule has 0 unspecified atom stereocenters. The minimum absolute atomic E-state index is 0.00161. The normalized spacial score (nSPS) is 11.3. The number of rotatable bonds is 33. The molecule has 9 heteroatoms. The van der Waals surface area contributed by atoms with Crippen molar-refractivity contribution in [2.75, 3.05) is 19.8 Å². The molecular weight excluding hydrogens is 787 g/mol. The fourth-order valence-corrected chi connectivity index (χ4v) is 8.05. The van der Waals surface area contributed by atoms with Crippen LogP contribution in [0, 0.1) is 20.8 Å². The van der Waals surface area contributed by atoms with Crippen LogP contribution in [-0.2, 0) is 0 Å². The van der Waals surface area contributed by atoms with Crippen LogP contribution >= 0.6 is 0 Å². The first-order chi connectivity index (χ1) is 30.7. The standard InChI is InChI=1S/C54H81N3O6/c1-7-10-13-16-19-22-25-28-37-61-46-34-31-43(49(58)40(46)4)52-55-53(44-32-35-47(41(5)50(44)59)62-38-29-26-23-20-17-14-11-8-2)57-54(56-52)45-33-36-48(42(6)51(45)60)63-39-30-27-24-21-18-15-12-9-3/h31-36,58-60H,7-30,37-39H2,1-6H3. The Bertz CT molecular complexity index is 1700. The van der Waals surface area contributed by atoms with Gasteiger partial charge in [0, 0.05) is 16.7 Å². The SMILES string of the molecule is CCCCCCCCCCOc1ccc(-c2nc(-c3ccc(OCCCCCCCCCC)c(C)c3O)nc(-c3ccc(OCCCCCCCCCC)c(C)c3O)n2)c(O)c1C. The molecule has 0 saturated carbocycles. The summed E-state index contributed by atoms with van der Waals surface area (Å²) in [5.74, 6) is 2.43. The number of hydrogen-bond acceptors (Lipinski definition) is 9. The second-order valence-electron chi connectivity index (χ2n) is 17.5. The number of ether oxygens (including phenoxy) is 3. The maximum absolute atomic E-state index is 11.6. The van der Waals surface area contributed by atoms with Gasteiger partial charge in [0.05, 0.1) is 36.5 Å². The van der Waals surface area contributed by atoms with Crippen molar-refractivity contribution >= 4 is 0 Å². The average Bonchev–Trinajstić information content (AvgIpc) is 3.28. The highest BCUT2D eigenvalue weighted by Crippen LogP contribution is 2.42. The second kappa shape index (κ2) is 29.0. The number of unbranched alkanes of at least 4 members (excludes halogenated alkanes) is 21. The molecule has 1 aromatic heterocycles. The van der Waals surface area contributed by atoms with Gasteiger partial charge in [0.25, 0.3) is 0 Å². The predicted molar refractivity (Wildman–Crippen MR) is 260 cm³/mol. The van der Waals surface area contributed by atoms with Crippen LogP contribution in [0.15, 0.2) is 36.4 Å². The van der Waals surface area contributed by atoms with Crippen molar-refractivity contribution in [3.05, 3.63) is 53.1 Å². The minimum Gasteiger partial charge on any atom is -0.507 e. The smallest absolute Gasteiger partial charge is 0.167 e. The molecule has 9 nitrogen and oxygen atoms in total. The summed E-state index contributed by atoms with van der Waals surface area (Å²) in [6.45, 7) is 13.9. The molecule has 3 N–H and O–H groups in total. The maximum atomic E-state index is 11.6. The van der Waals surface area contributed by atoms with E-state index in [1.807, 2.05) is 39.0 Å². The van der Waals surface area contributed by atoms with E-state index in [1.165, 1.54) is 116 Å². The molecule has 4 aromatic rings. The molecule has 0 saturated heterocycles. The van der Waals surface area contributed by atoms with Gasteiger partial charge in [-0.2, -0.15) is 0 Å². The zero-order chi connectivity index (χ0) is 45.2. The van der Waals surface area contributed by atoms with Crippen molar-refractivity contribution in [1.82, 2.24) is 15.0 Å². The van der Waals surface area contributed by atoms with E-state index in [4.69, 9.17) is 29.2 Å². The first-order valence-corrected chi connectivity index (χ1v) is 24.8. The Labute approximate surface area is 380 Å². The van der Waals surface area contributed by atoms with Gasteiger partial charge in [0.2, 0.25) is 0 Å². The van der Waals surface area contributed by atoms with E-state index < -0.39 is 0 Å². The van der Waals surface area contributed by atoms with E-state index in [1.54, 1.807) is 18.2 Å². The average molecular weight is 868 g/mol. The number of nitrogens with zero attached hydrogens (tertiary/aromatic N) is 3. The molecule has 4 rings (SSSR count). The van der Waals surface area contributed by atoms with E-state index in [9.17, 15) is 15.3 Å². The molecule has 63 heavy (non-hydrogen) atoms. The predicted octanol–water partition coefficient (Wildman–Crippen LogP) is 15.5. The monoisotopic (exact) mass is 868 g/mol. The van der Waals surface area contributed by atoms with E-state index in [-0.39, 0.29) is 34.7 Å². The molecule has 0 radical (unpaired) electrons. The van der Waals surface area contributed by atoms with Crippen LogP contribution < -0.4 is 14.2 Å². The lowest BCUT2D eigenvalue weighted by Gasteiger charge is -2.16. The van der Waals surface area contributed by atoms with E-state index in [2.05, 4.69) is 20.8 Å². The van der Waals surface area contributed by atoms with Gasteiger partial charge in [-0.3, -0.25) is 0 Å². The van der Waals surface area contributed by atoms with Gasteiger partial charge in [-0.15, -0.1) is 0 Å². The van der Waals surface area contributed by atoms with Gasteiger partial charge in [-0.1, -0.05) is 156 Å². The third-order valence-corrected chi connectivity index (χ3v) is 12.3. The first kappa shape index (κ1) is 51.1. The highest BCUT2D eigenvalue weighted by molar-refractivity contribution is 5.77. The molecular formula is C54H81N3O6. The highest BCUT2D eigenvalue weighted by Gasteiger charge is 2.23. The Balaban J connectivity index is 1.56. The molecule has 348 valence electrons. The maximum Gasteiger partial charge on any atom is 0.167 e.